The Morgan fingerprint density at radius 1 is 0.952 bits per heavy atom. The molecule has 3 heteroatoms. The van der Waals surface area contributed by atoms with Gasteiger partial charge in [-0.15, -0.1) is 28.5 Å². The summed E-state index contributed by atoms with van der Waals surface area (Å²) in [5, 5.41) is 2.90. The van der Waals surface area contributed by atoms with E-state index in [0.717, 1.165) is 0 Å². The van der Waals surface area contributed by atoms with Gasteiger partial charge in [0, 0.05) is 0 Å². The van der Waals surface area contributed by atoms with E-state index in [1.165, 1.54) is 34.7 Å². The molecule has 0 saturated heterocycles. The molecule has 2 aromatic carbocycles. The minimum Gasteiger partial charge on any atom is -1.00 e. The predicted molar refractivity (Wildman–Crippen MR) is 81.7 cm³/mol. The number of halogens is 2. The van der Waals surface area contributed by atoms with E-state index in [4.69, 9.17) is 0 Å². The van der Waals surface area contributed by atoms with Gasteiger partial charge in [0.1, 0.15) is 0 Å². The summed E-state index contributed by atoms with van der Waals surface area (Å²) in [6.45, 7) is 11.4. The van der Waals surface area contributed by atoms with Gasteiger partial charge in [0.2, 0.25) is 0 Å². The summed E-state index contributed by atoms with van der Waals surface area (Å²) in [4.78, 5) is 0. The second kappa shape index (κ2) is 10.1. The van der Waals surface area contributed by atoms with E-state index in [1.807, 2.05) is 0 Å². The fraction of sp³-hybridized carbons (Fsp3) is 0.500. The summed E-state index contributed by atoms with van der Waals surface area (Å²) in [5.41, 5.74) is 4.43. The largest absolute Gasteiger partial charge is 3.00 e. The van der Waals surface area contributed by atoms with Crippen molar-refractivity contribution in [1.29, 1.82) is 0 Å². The molecule has 2 rings (SSSR count). The summed E-state index contributed by atoms with van der Waals surface area (Å²) in [6, 6.07) is 9.51. The predicted octanol–water partition coefficient (Wildman–Crippen LogP) is -0.100. The van der Waals surface area contributed by atoms with Crippen LogP contribution in [0.3, 0.4) is 0 Å². The van der Waals surface area contributed by atoms with Crippen LogP contribution in [0.1, 0.15) is 69.1 Å². The van der Waals surface area contributed by atoms with Crippen LogP contribution >= 0.6 is 0 Å². The molecule has 0 N–H and O–H groups in total. The maximum atomic E-state index is 2.45. The molecular weight excluding hydrogens is 378 g/mol. The molecule has 0 aromatic heterocycles. The molecule has 0 aliphatic heterocycles. The third-order valence-corrected chi connectivity index (χ3v) is 4.35. The number of fused-ring (bicyclic) bond motifs is 1. The second-order valence-corrected chi connectivity index (χ2v) is 5.76. The van der Waals surface area contributed by atoms with Gasteiger partial charge >= 0.3 is 26.2 Å². The van der Waals surface area contributed by atoms with Gasteiger partial charge in [-0.1, -0.05) is 64.7 Å². The molecule has 0 amide bonds. The fourth-order valence-electron chi connectivity index (χ4n) is 2.67. The van der Waals surface area contributed by atoms with E-state index in [2.05, 4.69) is 58.9 Å². The number of hydrogen-bond donors (Lipinski definition) is 0. The van der Waals surface area contributed by atoms with Crippen LogP contribution in [-0.4, -0.2) is 0 Å². The summed E-state index contributed by atoms with van der Waals surface area (Å²) in [6.07, 6.45) is 2.43. The zero-order chi connectivity index (χ0) is 13.3. The van der Waals surface area contributed by atoms with Gasteiger partial charge in [0.05, 0.1) is 0 Å². The van der Waals surface area contributed by atoms with Crippen LogP contribution in [0.5, 0.6) is 0 Å². The van der Waals surface area contributed by atoms with Gasteiger partial charge in [-0.3, -0.25) is 0 Å². The Kier molecular flexibility index (Phi) is 11.4. The molecule has 2 aromatic rings. The molecule has 21 heavy (non-hydrogen) atoms. The van der Waals surface area contributed by atoms with Crippen LogP contribution in [0.15, 0.2) is 24.3 Å². The van der Waals surface area contributed by atoms with Crippen molar-refractivity contribution in [3.63, 3.8) is 0 Å². The first kappa shape index (κ1) is 23.6. The first-order chi connectivity index (χ1) is 8.56. The van der Waals surface area contributed by atoms with Crippen molar-refractivity contribution in [3.8, 4) is 0 Å². The van der Waals surface area contributed by atoms with Crippen LogP contribution in [0, 0.1) is 6.92 Å². The van der Waals surface area contributed by atoms with Crippen molar-refractivity contribution in [1.82, 2.24) is 0 Å². The van der Waals surface area contributed by atoms with Crippen molar-refractivity contribution >= 4 is 10.8 Å². The van der Waals surface area contributed by atoms with E-state index < -0.39 is 0 Å². The Hall–Kier alpha value is 0.293. The average molecular weight is 404 g/mol. The quantitative estimate of drug-likeness (QED) is 0.626. The molecule has 2 unspecified atom stereocenters. The molecule has 0 fully saturated rings. The zero-order valence-electron chi connectivity index (χ0n) is 13.6. The third kappa shape index (κ3) is 5.16. The molecule has 0 heterocycles. The molecule has 0 bridgehead atoms. The van der Waals surface area contributed by atoms with Crippen LogP contribution in [0.4, 0.5) is 0 Å². The molecule has 115 valence electrons. The number of aryl methyl sites for hydroxylation is 1. The van der Waals surface area contributed by atoms with Gasteiger partial charge in [-0.25, -0.2) is 0 Å². The summed E-state index contributed by atoms with van der Waals surface area (Å²) < 4.78 is 0. The van der Waals surface area contributed by atoms with Crippen molar-refractivity contribution in [2.75, 3.05) is 0 Å². The van der Waals surface area contributed by atoms with E-state index in [0.29, 0.717) is 11.8 Å². The van der Waals surface area contributed by atoms with Gasteiger partial charge in [0.25, 0.3) is 0 Å². The standard InChI is InChI=1S/C18H25.2ClH.Zr/c1-6-13(4)15-10-16-8-12(3)9-18(16)17(11-15)14(5)7-2;;;/h8-11,13-14H,6-7H2,1-5H3;2*1H;/q-1;;;+3/p-2. The third-order valence-electron chi connectivity index (χ3n) is 4.35. The maximum Gasteiger partial charge on any atom is 3.00 e. The first-order valence-corrected chi connectivity index (χ1v) is 7.27. The van der Waals surface area contributed by atoms with E-state index >= 15 is 0 Å². The minimum absolute atomic E-state index is 0. The topological polar surface area (TPSA) is 0 Å². The van der Waals surface area contributed by atoms with Crippen molar-refractivity contribution < 1.29 is 51.0 Å². The normalized spacial score (nSPS) is 12.8. The van der Waals surface area contributed by atoms with Crippen molar-refractivity contribution in [2.45, 2.75) is 59.3 Å². The second-order valence-electron chi connectivity index (χ2n) is 5.76. The Balaban J connectivity index is 0. The van der Waals surface area contributed by atoms with Gasteiger partial charge < -0.3 is 24.8 Å². The van der Waals surface area contributed by atoms with Gasteiger partial charge in [-0.2, -0.15) is 6.07 Å². The molecular formula is C18H25Cl2Zr. The summed E-state index contributed by atoms with van der Waals surface area (Å²) in [7, 11) is 0. The monoisotopic (exact) mass is 401 g/mol. The minimum atomic E-state index is 0. The molecule has 0 spiro atoms. The molecule has 0 aliphatic rings. The average Bonchev–Trinajstić information content (AvgIpc) is 2.75. The Bertz CT molecular complexity index is 545. The fourth-order valence-corrected chi connectivity index (χ4v) is 2.67. The Morgan fingerprint density at radius 2 is 1.52 bits per heavy atom. The van der Waals surface area contributed by atoms with Crippen LogP contribution in [-0.2, 0) is 26.2 Å². The molecule has 0 nitrogen and oxygen atoms in total. The molecule has 1 radical (unpaired) electrons. The van der Waals surface area contributed by atoms with Gasteiger partial charge in [-0.05, 0) is 11.8 Å². The summed E-state index contributed by atoms with van der Waals surface area (Å²) >= 11 is 0. The van der Waals surface area contributed by atoms with Crippen LogP contribution in [0.2, 0.25) is 0 Å². The summed E-state index contributed by atoms with van der Waals surface area (Å²) in [5.74, 6) is 1.31. The number of rotatable bonds is 4. The molecule has 2 atom stereocenters. The SMILES string of the molecule is CCC(C)c1cc(C(C)CC)c2cc(C)[cH-]c2c1.[Cl-].[Cl-].[Zr+3]. The Labute approximate surface area is 161 Å². The van der Waals surface area contributed by atoms with Crippen LogP contribution < -0.4 is 24.8 Å². The van der Waals surface area contributed by atoms with Gasteiger partial charge in [0.15, 0.2) is 0 Å². The maximum absolute atomic E-state index is 2.45. The number of hydrogen-bond acceptors (Lipinski definition) is 0. The van der Waals surface area contributed by atoms with Crippen molar-refractivity contribution in [3.05, 3.63) is 41.0 Å². The van der Waals surface area contributed by atoms with Crippen molar-refractivity contribution in [2.24, 2.45) is 0 Å². The van der Waals surface area contributed by atoms with E-state index in [9.17, 15) is 0 Å². The first-order valence-electron chi connectivity index (χ1n) is 7.27. The Morgan fingerprint density at radius 3 is 2.05 bits per heavy atom. The number of benzene rings is 1. The zero-order valence-corrected chi connectivity index (χ0v) is 17.6. The smallest absolute Gasteiger partial charge is 1.00 e. The molecule has 0 saturated carbocycles. The molecule has 0 aliphatic carbocycles. The van der Waals surface area contributed by atoms with E-state index in [1.54, 1.807) is 5.56 Å². The van der Waals surface area contributed by atoms with E-state index in [-0.39, 0.29) is 51.0 Å². The van der Waals surface area contributed by atoms with Crippen LogP contribution in [0.25, 0.3) is 10.8 Å².